The van der Waals surface area contributed by atoms with E-state index in [1.807, 2.05) is 6.92 Å². The van der Waals surface area contributed by atoms with Crippen molar-refractivity contribution in [2.24, 2.45) is 0 Å². The zero-order valence-corrected chi connectivity index (χ0v) is 13.3. The Bertz CT molecular complexity index is 547. The summed E-state index contributed by atoms with van der Waals surface area (Å²) in [5.41, 5.74) is 0. The molecule has 0 spiro atoms. The zero-order chi connectivity index (χ0) is 15.3. The number of nitrogens with zero attached hydrogens (tertiary/aromatic N) is 3. The van der Waals surface area contributed by atoms with Crippen molar-refractivity contribution in [1.29, 1.82) is 0 Å². The smallest absolute Gasteiger partial charge is 0.246 e. The van der Waals surface area contributed by atoms with Gasteiger partial charge in [0.05, 0.1) is 18.5 Å². The van der Waals surface area contributed by atoms with Crippen molar-refractivity contribution >= 4 is 16.0 Å². The highest BCUT2D eigenvalue weighted by Crippen LogP contribution is 2.21. The van der Waals surface area contributed by atoms with E-state index in [0.717, 1.165) is 25.8 Å². The van der Waals surface area contributed by atoms with Crippen LogP contribution in [0, 0.1) is 0 Å². The first kappa shape index (κ1) is 16.1. The van der Waals surface area contributed by atoms with Gasteiger partial charge in [-0.15, -0.1) is 0 Å². The van der Waals surface area contributed by atoms with E-state index in [9.17, 15) is 8.42 Å². The van der Waals surface area contributed by atoms with Gasteiger partial charge in [0.25, 0.3) is 0 Å². The Hall–Kier alpha value is -1.25. The normalized spacial score (nSPS) is 20.4. The fraction of sp³-hybridized carbons (Fsp3) is 0.692. The molecule has 2 heterocycles. The highest BCUT2D eigenvalue weighted by Gasteiger charge is 2.30. The van der Waals surface area contributed by atoms with Crippen LogP contribution < -0.4 is 5.32 Å². The maximum Gasteiger partial charge on any atom is 0.246 e. The molecule has 0 aliphatic carbocycles. The lowest BCUT2D eigenvalue weighted by molar-refractivity contribution is 0.0572. The number of sulfonamides is 1. The highest BCUT2D eigenvalue weighted by atomic mass is 32.2. The third-order valence-electron chi connectivity index (χ3n) is 3.47. The predicted octanol–water partition coefficient (Wildman–Crippen LogP) is 1.10. The van der Waals surface area contributed by atoms with E-state index < -0.39 is 10.0 Å². The first-order valence-electron chi connectivity index (χ1n) is 7.16. The molecule has 1 saturated heterocycles. The van der Waals surface area contributed by atoms with E-state index in [0.29, 0.717) is 19.0 Å². The molecule has 1 aromatic heterocycles. The maximum atomic E-state index is 12.5. The van der Waals surface area contributed by atoms with Crippen molar-refractivity contribution in [2.75, 3.05) is 32.1 Å². The van der Waals surface area contributed by atoms with Crippen LogP contribution in [0.5, 0.6) is 0 Å². The van der Waals surface area contributed by atoms with Crippen molar-refractivity contribution in [2.45, 2.75) is 37.2 Å². The zero-order valence-electron chi connectivity index (χ0n) is 12.4. The van der Waals surface area contributed by atoms with Crippen molar-refractivity contribution in [3.05, 3.63) is 12.4 Å². The van der Waals surface area contributed by atoms with Crippen molar-refractivity contribution in [1.82, 2.24) is 14.3 Å². The van der Waals surface area contributed by atoms with Gasteiger partial charge in [0.15, 0.2) is 0 Å². The van der Waals surface area contributed by atoms with Gasteiger partial charge in [-0.25, -0.2) is 18.4 Å². The average molecular weight is 314 g/mol. The molecule has 7 nitrogen and oxygen atoms in total. The Morgan fingerprint density at radius 3 is 2.76 bits per heavy atom. The molecule has 1 atom stereocenters. The van der Waals surface area contributed by atoms with Gasteiger partial charge in [-0.1, -0.05) is 6.92 Å². The minimum absolute atomic E-state index is 0.0417. The summed E-state index contributed by atoms with van der Waals surface area (Å²) in [7, 11) is -1.93. The van der Waals surface area contributed by atoms with Gasteiger partial charge in [-0.2, -0.15) is 4.31 Å². The van der Waals surface area contributed by atoms with E-state index in [-0.39, 0.29) is 11.0 Å². The molecular weight excluding hydrogens is 292 g/mol. The fourth-order valence-electron chi connectivity index (χ4n) is 2.24. The number of ether oxygens (including phenoxy) is 1. The molecule has 1 fully saturated rings. The second-order valence-corrected chi connectivity index (χ2v) is 6.97. The number of aromatic nitrogens is 2. The lowest BCUT2D eigenvalue weighted by Gasteiger charge is -2.30. The standard InChI is InChI=1S/C13H22N4O3S/c1-3-6-14-13-15-8-12(9-16-13)21(18,19)17-7-4-5-11(10-17)20-2/h8-9,11H,3-7,10H2,1-2H3,(H,14,15,16). The summed E-state index contributed by atoms with van der Waals surface area (Å²) in [6.45, 7) is 3.69. The van der Waals surface area contributed by atoms with Gasteiger partial charge in [-0.3, -0.25) is 0 Å². The summed E-state index contributed by atoms with van der Waals surface area (Å²) < 4.78 is 31.8. The Balaban J connectivity index is 2.11. The highest BCUT2D eigenvalue weighted by molar-refractivity contribution is 7.89. The minimum atomic E-state index is -3.54. The van der Waals surface area contributed by atoms with Crippen LogP contribution >= 0.6 is 0 Å². The molecule has 1 aliphatic rings. The fourth-order valence-corrected chi connectivity index (χ4v) is 3.64. The molecule has 0 radical (unpaired) electrons. The first-order valence-corrected chi connectivity index (χ1v) is 8.60. The van der Waals surface area contributed by atoms with Gasteiger partial charge in [0.1, 0.15) is 4.90 Å². The van der Waals surface area contributed by atoms with Crippen LogP contribution in [0.3, 0.4) is 0 Å². The number of piperidine rings is 1. The summed E-state index contributed by atoms with van der Waals surface area (Å²) in [4.78, 5) is 8.24. The molecular formula is C13H22N4O3S. The van der Waals surface area contributed by atoms with Crippen molar-refractivity contribution in [3.8, 4) is 0 Å². The molecule has 0 aromatic carbocycles. The third-order valence-corrected chi connectivity index (χ3v) is 5.29. The van der Waals surface area contributed by atoms with E-state index in [2.05, 4.69) is 15.3 Å². The number of methoxy groups -OCH3 is 1. The molecule has 0 bridgehead atoms. The molecule has 1 unspecified atom stereocenters. The van der Waals surface area contributed by atoms with Crippen LogP contribution in [0.15, 0.2) is 17.3 Å². The van der Waals surface area contributed by atoms with Crippen LogP contribution in [-0.2, 0) is 14.8 Å². The predicted molar refractivity (Wildman–Crippen MR) is 79.6 cm³/mol. The number of hydrogen-bond donors (Lipinski definition) is 1. The number of hydrogen-bond acceptors (Lipinski definition) is 6. The molecule has 0 amide bonds. The van der Waals surface area contributed by atoms with Crippen LogP contribution in [0.4, 0.5) is 5.95 Å². The molecule has 1 aromatic rings. The summed E-state index contributed by atoms with van der Waals surface area (Å²) in [5, 5.41) is 3.02. The molecule has 0 saturated carbocycles. The van der Waals surface area contributed by atoms with Gasteiger partial charge in [-0.05, 0) is 19.3 Å². The maximum absolute atomic E-state index is 12.5. The molecule has 1 aliphatic heterocycles. The Labute approximate surface area is 125 Å². The van der Waals surface area contributed by atoms with Crippen molar-refractivity contribution < 1.29 is 13.2 Å². The molecule has 8 heteroatoms. The van der Waals surface area contributed by atoms with Gasteiger partial charge >= 0.3 is 0 Å². The van der Waals surface area contributed by atoms with Crippen LogP contribution in [0.25, 0.3) is 0 Å². The average Bonchev–Trinajstić information content (AvgIpc) is 2.53. The summed E-state index contributed by atoms with van der Waals surface area (Å²) >= 11 is 0. The second-order valence-electron chi connectivity index (χ2n) is 5.03. The van der Waals surface area contributed by atoms with E-state index in [1.165, 1.54) is 16.7 Å². The van der Waals surface area contributed by atoms with E-state index >= 15 is 0 Å². The van der Waals surface area contributed by atoms with Crippen LogP contribution in [0.2, 0.25) is 0 Å². The molecule has 118 valence electrons. The monoisotopic (exact) mass is 314 g/mol. The first-order chi connectivity index (χ1) is 10.1. The van der Waals surface area contributed by atoms with E-state index in [4.69, 9.17) is 4.74 Å². The van der Waals surface area contributed by atoms with Crippen LogP contribution in [0.1, 0.15) is 26.2 Å². The van der Waals surface area contributed by atoms with Gasteiger partial charge in [0, 0.05) is 26.7 Å². The lowest BCUT2D eigenvalue weighted by Crippen LogP contribution is -2.42. The molecule has 21 heavy (non-hydrogen) atoms. The summed E-state index contributed by atoms with van der Waals surface area (Å²) in [6.07, 6.45) is 5.32. The minimum Gasteiger partial charge on any atom is -0.380 e. The summed E-state index contributed by atoms with van der Waals surface area (Å²) in [6, 6.07) is 0. The number of rotatable bonds is 6. The third kappa shape index (κ3) is 3.90. The van der Waals surface area contributed by atoms with Crippen LogP contribution in [-0.4, -0.2) is 55.5 Å². The van der Waals surface area contributed by atoms with Gasteiger partial charge in [0.2, 0.25) is 16.0 Å². The molecule has 1 N–H and O–H groups in total. The largest absolute Gasteiger partial charge is 0.380 e. The molecule has 2 rings (SSSR count). The van der Waals surface area contributed by atoms with Gasteiger partial charge < -0.3 is 10.1 Å². The number of anilines is 1. The van der Waals surface area contributed by atoms with E-state index in [1.54, 1.807) is 7.11 Å². The SMILES string of the molecule is CCCNc1ncc(S(=O)(=O)N2CCCC(OC)C2)cn1. The summed E-state index contributed by atoms with van der Waals surface area (Å²) in [5.74, 6) is 0.448. The lowest BCUT2D eigenvalue weighted by atomic mass is 10.1. The Kier molecular flexibility index (Phi) is 5.49. The van der Waals surface area contributed by atoms with Crippen molar-refractivity contribution in [3.63, 3.8) is 0 Å². The Morgan fingerprint density at radius 1 is 1.43 bits per heavy atom. The Morgan fingerprint density at radius 2 is 2.14 bits per heavy atom. The topological polar surface area (TPSA) is 84.4 Å². The second kappa shape index (κ2) is 7.15. The number of nitrogens with one attached hydrogen (secondary N) is 1. The quantitative estimate of drug-likeness (QED) is 0.846.